The number of ether oxygens (including phenoxy) is 1. The van der Waals surface area contributed by atoms with E-state index in [-0.39, 0.29) is 62.9 Å². The Morgan fingerprint density at radius 1 is 0.972 bits per heavy atom. The normalized spacial score (nSPS) is 10.7. The van der Waals surface area contributed by atoms with E-state index in [4.69, 9.17) is 10.1 Å². The Morgan fingerprint density at radius 2 is 1.75 bits per heavy atom. The summed E-state index contributed by atoms with van der Waals surface area (Å²) in [6.07, 6.45) is 3.29. The summed E-state index contributed by atoms with van der Waals surface area (Å²) in [5, 5.41) is 25.5. The molecule has 0 saturated carbocycles. The quantitative estimate of drug-likeness (QED) is 0.155. The molecule has 1 aromatic heterocycles. The number of carboxylic acid groups (broad SMARTS) is 1. The third-order valence-corrected chi connectivity index (χ3v) is 6.07. The summed E-state index contributed by atoms with van der Waals surface area (Å²) in [6, 6.07) is 20.6. The van der Waals surface area contributed by atoms with Crippen LogP contribution in [-0.2, 0) is 11.3 Å². The van der Waals surface area contributed by atoms with Crippen LogP contribution in [-0.4, -0.2) is 29.1 Å². The van der Waals surface area contributed by atoms with E-state index >= 15 is 0 Å². The van der Waals surface area contributed by atoms with E-state index in [1.165, 1.54) is 0 Å². The van der Waals surface area contributed by atoms with Crippen molar-refractivity contribution in [1.29, 1.82) is 5.41 Å². The number of carboxylic acids is 1. The number of carbonyl (C=O) groups excluding carboxylic acids is 2. The number of aromatic carboxylic acids is 1. The van der Waals surface area contributed by atoms with Gasteiger partial charge in [-0.1, -0.05) is 80.8 Å². The number of benzene rings is 3. The van der Waals surface area contributed by atoms with Gasteiger partial charge in [0.2, 0.25) is 0 Å². The summed E-state index contributed by atoms with van der Waals surface area (Å²) in [4.78, 5) is 24.0. The number of amidine groups is 1. The topological polar surface area (TPSA) is 107 Å². The first-order valence-electron chi connectivity index (χ1n) is 11.8. The van der Waals surface area contributed by atoms with Crippen LogP contribution in [0.25, 0.3) is 21.7 Å². The number of nitrogens with zero attached hydrogens (tertiary/aromatic N) is 1. The average Bonchev–Trinajstić information content (AvgIpc) is 3.22. The van der Waals surface area contributed by atoms with Gasteiger partial charge in [-0.15, -0.1) is 0 Å². The third kappa shape index (κ3) is 6.63. The summed E-state index contributed by atoms with van der Waals surface area (Å²) in [7, 11) is 0. The molecule has 1 amide bonds. The summed E-state index contributed by atoms with van der Waals surface area (Å²) < 4.78 is 6.84. The Hall–Kier alpha value is -2.49. The molecule has 4 aromatic rings. The Kier molecular flexibility index (Phi) is 10.3. The molecule has 0 aliphatic heterocycles. The maximum atomic E-state index is 12.1. The van der Waals surface area contributed by atoms with Crippen molar-refractivity contribution in [2.75, 3.05) is 6.61 Å². The third-order valence-electron chi connectivity index (χ3n) is 6.07. The van der Waals surface area contributed by atoms with Crippen molar-refractivity contribution in [2.45, 2.75) is 39.2 Å². The van der Waals surface area contributed by atoms with Crippen molar-refractivity contribution < 1.29 is 70.8 Å². The monoisotopic (exact) mass is 509 g/mol. The minimum Gasteiger partial charge on any atom is -0.543 e. The van der Waals surface area contributed by atoms with Crippen molar-refractivity contribution in [3.63, 3.8) is 0 Å². The van der Waals surface area contributed by atoms with E-state index in [0.29, 0.717) is 29.6 Å². The molecule has 0 aliphatic rings. The van der Waals surface area contributed by atoms with Gasteiger partial charge in [0, 0.05) is 23.0 Å². The molecule has 1 heterocycles. The van der Waals surface area contributed by atoms with Gasteiger partial charge >= 0.3 is 57.5 Å². The van der Waals surface area contributed by atoms with Gasteiger partial charge in [-0.25, -0.2) is 4.79 Å². The van der Waals surface area contributed by atoms with Crippen LogP contribution in [0.4, 0.5) is 4.79 Å². The number of nitrogens with one attached hydrogen (secondary N) is 2. The molecule has 0 saturated heterocycles. The summed E-state index contributed by atoms with van der Waals surface area (Å²) in [5.74, 6) is -1.39. The zero-order valence-electron chi connectivity index (χ0n) is 20.7. The van der Waals surface area contributed by atoms with Crippen molar-refractivity contribution in [3.05, 3.63) is 83.6 Å². The van der Waals surface area contributed by atoms with Crippen molar-refractivity contribution in [2.24, 2.45) is 0 Å². The fraction of sp³-hybridized carbons (Fsp3) is 0.250. The van der Waals surface area contributed by atoms with E-state index in [2.05, 4.69) is 12.2 Å². The molecule has 7 nitrogen and oxygen atoms in total. The molecular weight excluding hydrogens is 481 g/mol. The SMILES string of the molecule is CCCCCCOC(=O)NC(=N)c1ccc2cc(C(=O)[O-])n(Cc3cccc4ccccc34)c2c1.[K+]. The first-order valence-corrected chi connectivity index (χ1v) is 11.8. The number of amides is 1. The van der Waals surface area contributed by atoms with Gasteiger partial charge in [0.15, 0.2) is 0 Å². The fourth-order valence-corrected chi connectivity index (χ4v) is 4.25. The number of rotatable bonds is 9. The van der Waals surface area contributed by atoms with E-state index in [0.717, 1.165) is 42.0 Å². The second kappa shape index (κ2) is 13.2. The van der Waals surface area contributed by atoms with Crippen molar-refractivity contribution >= 4 is 39.6 Å². The second-order valence-corrected chi connectivity index (χ2v) is 8.51. The maximum absolute atomic E-state index is 12.1. The molecular formula is C28H28KN3O4. The minimum absolute atomic E-state index is 0. The standard InChI is InChI=1S/C28H29N3O4.K/c1-2-3-4-7-15-35-28(34)30-26(29)21-14-13-20-16-25(27(32)33)31(24(20)17-21)18-22-11-8-10-19-9-5-6-12-23(19)22;/h5-6,8-14,16-17H,2-4,7,15,18H2,1H3,(H,32,33)(H2,29,30,34);/q;+1/p-1. The fourth-order valence-electron chi connectivity index (χ4n) is 4.25. The van der Waals surface area contributed by atoms with E-state index in [1.54, 1.807) is 28.8 Å². The first kappa shape index (κ1) is 28.1. The molecule has 180 valence electrons. The van der Waals surface area contributed by atoms with Crippen LogP contribution in [0.3, 0.4) is 0 Å². The Bertz CT molecular complexity index is 1390. The van der Waals surface area contributed by atoms with Crippen LogP contribution in [0.1, 0.15) is 54.2 Å². The number of aromatic nitrogens is 1. The van der Waals surface area contributed by atoms with Gasteiger partial charge < -0.3 is 19.2 Å². The molecule has 3 aromatic carbocycles. The van der Waals surface area contributed by atoms with Crippen molar-refractivity contribution in [1.82, 2.24) is 9.88 Å². The van der Waals surface area contributed by atoms with Gasteiger partial charge in [0.05, 0.1) is 18.3 Å². The molecule has 0 spiro atoms. The van der Waals surface area contributed by atoms with Crippen molar-refractivity contribution in [3.8, 4) is 0 Å². The molecule has 0 fully saturated rings. The van der Waals surface area contributed by atoms with Crippen LogP contribution >= 0.6 is 0 Å². The number of fused-ring (bicyclic) bond motifs is 2. The van der Waals surface area contributed by atoms with Crippen LogP contribution in [0.2, 0.25) is 0 Å². The maximum Gasteiger partial charge on any atom is 1.00 e. The summed E-state index contributed by atoms with van der Waals surface area (Å²) in [6.45, 7) is 2.74. The smallest absolute Gasteiger partial charge is 0.543 e. The molecule has 0 bridgehead atoms. The molecule has 0 atom stereocenters. The number of alkyl carbamates (subject to hydrolysis) is 1. The molecule has 36 heavy (non-hydrogen) atoms. The second-order valence-electron chi connectivity index (χ2n) is 8.51. The van der Waals surface area contributed by atoms with Gasteiger partial charge in [-0.2, -0.15) is 0 Å². The van der Waals surface area contributed by atoms with E-state index in [9.17, 15) is 14.7 Å². The predicted octanol–water partition coefficient (Wildman–Crippen LogP) is 1.84. The first-order chi connectivity index (χ1) is 17.0. The predicted molar refractivity (Wildman–Crippen MR) is 135 cm³/mol. The molecule has 0 aliphatic carbocycles. The van der Waals surface area contributed by atoms with Gasteiger partial charge in [-0.3, -0.25) is 10.7 Å². The number of carbonyl (C=O) groups is 2. The molecule has 8 heteroatoms. The Balaban J connectivity index is 0.00000361. The molecule has 0 unspecified atom stereocenters. The summed E-state index contributed by atoms with van der Waals surface area (Å²) >= 11 is 0. The van der Waals surface area contributed by atoms with Gasteiger partial charge in [0.25, 0.3) is 0 Å². The molecule has 4 rings (SSSR count). The minimum atomic E-state index is -1.28. The van der Waals surface area contributed by atoms with Crippen LogP contribution < -0.4 is 61.8 Å². The van der Waals surface area contributed by atoms with Crippen LogP contribution in [0, 0.1) is 5.41 Å². The average molecular weight is 510 g/mol. The zero-order chi connectivity index (χ0) is 24.8. The van der Waals surface area contributed by atoms with E-state index in [1.807, 2.05) is 42.5 Å². The van der Waals surface area contributed by atoms with Crippen LogP contribution in [0.15, 0.2) is 66.7 Å². The number of unbranched alkanes of at least 4 members (excludes halogenated alkanes) is 3. The van der Waals surface area contributed by atoms with E-state index < -0.39 is 12.1 Å². The Labute approximate surface area is 252 Å². The largest absolute Gasteiger partial charge is 1.00 e. The number of hydrogen-bond acceptors (Lipinski definition) is 5. The van der Waals surface area contributed by atoms with Gasteiger partial charge in [0.1, 0.15) is 5.84 Å². The van der Waals surface area contributed by atoms with Crippen LogP contribution in [0.5, 0.6) is 0 Å². The molecule has 2 N–H and O–H groups in total. The zero-order valence-corrected chi connectivity index (χ0v) is 23.8. The van der Waals surface area contributed by atoms with Gasteiger partial charge in [-0.05, 0) is 34.9 Å². The number of hydrogen-bond donors (Lipinski definition) is 2. The molecule has 0 radical (unpaired) electrons. The Morgan fingerprint density at radius 3 is 2.53 bits per heavy atom. The summed E-state index contributed by atoms with van der Waals surface area (Å²) in [5.41, 5.74) is 2.10.